The lowest BCUT2D eigenvalue weighted by Gasteiger charge is -2.27. The Balaban J connectivity index is 1.77. The second kappa shape index (κ2) is 6.35. The smallest absolute Gasteiger partial charge is 0.131 e. The fourth-order valence-corrected chi connectivity index (χ4v) is 3.92. The van der Waals surface area contributed by atoms with E-state index in [9.17, 15) is 0 Å². The van der Waals surface area contributed by atoms with Gasteiger partial charge in [0.1, 0.15) is 5.82 Å². The Morgan fingerprint density at radius 1 is 1.19 bits per heavy atom. The molecule has 0 spiro atoms. The third kappa shape index (κ3) is 3.23. The van der Waals surface area contributed by atoms with Crippen LogP contribution >= 0.6 is 0 Å². The minimum absolute atomic E-state index is 0.589. The molecule has 21 heavy (non-hydrogen) atoms. The topological polar surface area (TPSA) is 19.4 Å². The number of hydrogen-bond donors (Lipinski definition) is 0. The summed E-state index contributed by atoms with van der Waals surface area (Å²) >= 11 is 0. The first-order valence-corrected chi connectivity index (χ1v) is 8.60. The highest BCUT2D eigenvalue weighted by Gasteiger charge is 2.27. The van der Waals surface area contributed by atoms with Crippen molar-refractivity contribution in [3.63, 3.8) is 0 Å². The predicted molar refractivity (Wildman–Crippen MR) is 88.8 cm³/mol. The molecule has 0 radical (unpaired) electrons. The summed E-state index contributed by atoms with van der Waals surface area (Å²) in [6.45, 7) is 11.7. The first-order chi connectivity index (χ1) is 10.1. The molecule has 2 saturated heterocycles. The summed E-state index contributed by atoms with van der Waals surface area (Å²) in [6.07, 6.45) is 7.38. The summed E-state index contributed by atoms with van der Waals surface area (Å²) in [4.78, 5) is 9.91. The number of anilines is 1. The molecular weight excluding hydrogens is 258 g/mol. The summed E-state index contributed by atoms with van der Waals surface area (Å²) in [7, 11) is 0. The number of rotatable bonds is 4. The van der Waals surface area contributed by atoms with Crippen molar-refractivity contribution in [3.05, 3.63) is 23.4 Å². The Labute approximate surface area is 129 Å². The highest BCUT2D eigenvalue weighted by molar-refractivity contribution is 5.48. The van der Waals surface area contributed by atoms with Crippen LogP contribution in [0.1, 0.15) is 56.7 Å². The van der Waals surface area contributed by atoms with Crippen LogP contribution in [-0.2, 0) is 0 Å². The Bertz CT molecular complexity index is 477. The largest absolute Gasteiger partial charge is 0.356 e. The van der Waals surface area contributed by atoms with Gasteiger partial charge in [0, 0.05) is 31.9 Å². The molecule has 0 N–H and O–H groups in total. The summed E-state index contributed by atoms with van der Waals surface area (Å²) in [5, 5.41) is 0. The van der Waals surface area contributed by atoms with Crippen molar-refractivity contribution in [2.45, 2.75) is 52.5 Å². The molecule has 3 nitrogen and oxygen atoms in total. The van der Waals surface area contributed by atoms with E-state index in [1.54, 1.807) is 0 Å². The fourth-order valence-electron chi connectivity index (χ4n) is 3.92. The predicted octanol–water partition coefficient (Wildman–Crippen LogP) is 3.78. The number of aryl methyl sites for hydroxylation is 1. The maximum atomic E-state index is 4.82. The molecule has 3 rings (SSSR count). The van der Waals surface area contributed by atoms with E-state index in [0.717, 1.165) is 5.92 Å². The molecule has 3 heterocycles. The van der Waals surface area contributed by atoms with Crippen molar-refractivity contribution in [2.75, 3.05) is 31.1 Å². The molecule has 0 aromatic carbocycles. The Morgan fingerprint density at radius 2 is 1.95 bits per heavy atom. The van der Waals surface area contributed by atoms with Gasteiger partial charge in [-0.3, -0.25) is 4.90 Å². The molecule has 0 aliphatic carbocycles. The lowest BCUT2D eigenvalue weighted by atomic mass is 10.0. The zero-order chi connectivity index (χ0) is 14.8. The lowest BCUT2D eigenvalue weighted by Crippen LogP contribution is -2.27. The van der Waals surface area contributed by atoms with Crippen molar-refractivity contribution >= 4 is 5.82 Å². The maximum absolute atomic E-state index is 4.82. The normalized spacial score (nSPS) is 23.4. The fraction of sp³-hybridized carbons (Fsp3) is 0.722. The van der Waals surface area contributed by atoms with Crippen LogP contribution in [0, 0.1) is 12.8 Å². The van der Waals surface area contributed by atoms with Gasteiger partial charge < -0.3 is 4.90 Å². The Morgan fingerprint density at radius 3 is 2.62 bits per heavy atom. The third-order valence-electron chi connectivity index (χ3n) is 4.83. The summed E-state index contributed by atoms with van der Waals surface area (Å²) < 4.78 is 0. The van der Waals surface area contributed by atoms with Gasteiger partial charge in [-0.25, -0.2) is 4.98 Å². The Kier molecular flexibility index (Phi) is 4.48. The van der Waals surface area contributed by atoms with Crippen LogP contribution in [0.3, 0.4) is 0 Å². The molecule has 3 heteroatoms. The lowest BCUT2D eigenvalue weighted by molar-refractivity contribution is 0.228. The molecule has 2 aliphatic heterocycles. The van der Waals surface area contributed by atoms with E-state index in [1.807, 2.05) is 0 Å². The number of aromatic nitrogens is 1. The van der Waals surface area contributed by atoms with Gasteiger partial charge in [-0.2, -0.15) is 0 Å². The van der Waals surface area contributed by atoms with E-state index < -0.39 is 0 Å². The molecule has 2 fully saturated rings. The summed E-state index contributed by atoms with van der Waals surface area (Å²) in [5.41, 5.74) is 2.78. The van der Waals surface area contributed by atoms with Gasteiger partial charge in [-0.05, 0) is 62.3 Å². The number of hydrogen-bond acceptors (Lipinski definition) is 3. The zero-order valence-corrected chi connectivity index (χ0v) is 13.8. The molecule has 1 aromatic rings. The first kappa shape index (κ1) is 14.8. The van der Waals surface area contributed by atoms with E-state index in [2.05, 4.69) is 42.8 Å². The third-order valence-corrected chi connectivity index (χ3v) is 4.83. The van der Waals surface area contributed by atoms with Crippen molar-refractivity contribution in [1.82, 2.24) is 9.88 Å². The van der Waals surface area contributed by atoms with Crippen molar-refractivity contribution < 1.29 is 0 Å². The average molecular weight is 287 g/mol. The van der Waals surface area contributed by atoms with E-state index in [1.165, 1.54) is 68.8 Å². The maximum Gasteiger partial charge on any atom is 0.131 e. The second-order valence-electron chi connectivity index (χ2n) is 7.15. The van der Waals surface area contributed by atoms with Gasteiger partial charge in [-0.1, -0.05) is 13.8 Å². The van der Waals surface area contributed by atoms with Gasteiger partial charge >= 0.3 is 0 Å². The highest BCUT2D eigenvalue weighted by atomic mass is 15.2. The molecule has 1 atom stereocenters. The standard InChI is InChI=1S/C18H29N3/c1-14(2)13-21-10-6-7-17(21)16-11-15(3)18(19-12-16)20-8-4-5-9-20/h11-12,14,17H,4-10,13H2,1-3H3/t17-/m0/s1. The molecule has 0 unspecified atom stereocenters. The molecular formula is C18H29N3. The Hall–Kier alpha value is -1.09. The number of likely N-dealkylation sites (tertiary alicyclic amines) is 1. The van der Waals surface area contributed by atoms with Gasteiger partial charge in [0.15, 0.2) is 0 Å². The van der Waals surface area contributed by atoms with E-state index >= 15 is 0 Å². The van der Waals surface area contributed by atoms with Crippen LogP contribution in [-0.4, -0.2) is 36.1 Å². The van der Waals surface area contributed by atoms with Crippen LogP contribution in [0.15, 0.2) is 12.3 Å². The van der Waals surface area contributed by atoms with Crippen LogP contribution in [0.2, 0.25) is 0 Å². The van der Waals surface area contributed by atoms with Crippen molar-refractivity contribution in [2.24, 2.45) is 5.92 Å². The first-order valence-electron chi connectivity index (χ1n) is 8.60. The monoisotopic (exact) mass is 287 g/mol. The van der Waals surface area contributed by atoms with Gasteiger partial charge in [0.25, 0.3) is 0 Å². The van der Waals surface area contributed by atoms with Crippen molar-refractivity contribution in [1.29, 1.82) is 0 Å². The van der Waals surface area contributed by atoms with E-state index in [4.69, 9.17) is 4.98 Å². The second-order valence-corrected chi connectivity index (χ2v) is 7.15. The summed E-state index contributed by atoms with van der Waals surface area (Å²) in [6, 6.07) is 2.98. The molecule has 116 valence electrons. The van der Waals surface area contributed by atoms with Crippen LogP contribution < -0.4 is 4.90 Å². The van der Waals surface area contributed by atoms with Crippen molar-refractivity contribution in [3.8, 4) is 0 Å². The van der Waals surface area contributed by atoms with Gasteiger partial charge in [0.2, 0.25) is 0 Å². The minimum atomic E-state index is 0.589. The SMILES string of the molecule is Cc1cc([C@@H]2CCCN2CC(C)C)cnc1N1CCCC1. The number of pyridine rings is 1. The van der Waals surface area contributed by atoms with E-state index in [0.29, 0.717) is 6.04 Å². The molecule has 2 aliphatic rings. The molecule has 0 bridgehead atoms. The molecule has 0 saturated carbocycles. The van der Waals surface area contributed by atoms with Gasteiger partial charge in [-0.15, -0.1) is 0 Å². The minimum Gasteiger partial charge on any atom is -0.356 e. The molecule has 0 amide bonds. The van der Waals surface area contributed by atoms with Crippen LogP contribution in [0.4, 0.5) is 5.82 Å². The van der Waals surface area contributed by atoms with Crippen LogP contribution in [0.5, 0.6) is 0 Å². The van der Waals surface area contributed by atoms with E-state index in [-0.39, 0.29) is 0 Å². The number of nitrogens with zero attached hydrogens (tertiary/aromatic N) is 3. The average Bonchev–Trinajstić information content (AvgIpc) is 3.09. The molecule has 1 aromatic heterocycles. The van der Waals surface area contributed by atoms with Gasteiger partial charge in [0.05, 0.1) is 0 Å². The van der Waals surface area contributed by atoms with Crippen LogP contribution in [0.25, 0.3) is 0 Å². The highest BCUT2D eigenvalue weighted by Crippen LogP contribution is 2.34. The quantitative estimate of drug-likeness (QED) is 0.840. The summed E-state index contributed by atoms with van der Waals surface area (Å²) in [5.74, 6) is 1.95. The zero-order valence-electron chi connectivity index (χ0n) is 13.8.